The number of aromatic nitrogens is 1. The van der Waals surface area contributed by atoms with Gasteiger partial charge in [-0.3, -0.25) is 9.59 Å². The fourth-order valence-corrected chi connectivity index (χ4v) is 4.56. The Morgan fingerprint density at radius 1 is 1.16 bits per heavy atom. The molecule has 32 heavy (non-hydrogen) atoms. The summed E-state index contributed by atoms with van der Waals surface area (Å²) < 4.78 is 28.7. The van der Waals surface area contributed by atoms with Crippen LogP contribution in [0.3, 0.4) is 0 Å². The van der Waals surface area contributed by atoms with Crippen molar-refractivity contribution in [2.24, 2.45) is 0 Å². The molecule has 1 heterocycles. The molecule has 2 bridgehead atoms. The molecular weight excluding hydrogens is 445 g/mol. The molecule has 9 nitrogen and oxygen atoms in total. The second-order valence-corrected chi connectivity index (χ2v) is 8.65. The van der Waals surface area contributed by atoms with Crippen molar-refractivity contribution >= 4 is 23.4 Å². The molecule has 3 aliphatic rings. The van der Waals surface area contributed by atoms with Crippen LogP contribution in [0.25, 0.3) is 0 Å². The predicted octanol–water partition coefficient (Wildman–Crippen LogP) is 1.97. The number of halogens is 2. The Bertz CT molecular complexity index is 978. The van der Waals surface area contributed by atoms with Crippen LogP contribution in [0.4, 0.5) is 4.39 Å². The molecule has 0 aliphatic heterocycles. The first-order chi connectivity index (χ1) is 15.3. The molecule has 1 aromatic heterocycles. The van der Waals surface area contributed by atoms with Gasteiger partial charge in [0.1, 0.15) is 17.8 Å². The van der Waals surface area contributed by atoms with Gasteiger partial charge < -0.3 is 29.7 Å². The second-order valence-electron chi connectivity index (χ2n) is 8.24. The minimum Gasteiger partial charge on any atom is -0.484 e. The number of hydrogen-bond donors (Lipinski definition) is 3. The lowest BCUT2D eigenvalue weighted by molar-refractivity contribution is -0.137. The number of carbonyl (C=O) groups excluding carboxylic acids is 2. The van der Waals surface area contributed by atoms with Crippen LogP contribution in [0.15, 0.2) is 35.1 Å². The minimum atomic E-state index is -0.826. The van der Waals surface area contributed by atoms with E-state index in [1.165, 1.54) is 24.5 Å². The average molecular weight is 468 g/mol. The van der Waals surface area contributed by atoms with E-state index in [0.717, 1.165) is 6.07 Å². The lowest BCUT2D eigenvalue weighted by atomic mass is 9.60. The molecule has 3 aliphatic carbocycles. The highest BCUT2D eigenvalue weighted by atomic mass is 35.5. The van der Waals surface area contributed by atoms with E-state index >= 15 is 0 Å². The zero-order valence-electron chi connectivity index (χ0n) is 17.1. The zero-order valence-corrected chi connectivity index (χ0v) is 17.9. The molecule has 0 radical (unpaired) electrons. The molecule has 1 atom stereocenters. The van der Waals surface area contributed by atoms with Gasteiger partial charge in [-0.15, -0.1) is 0 Å². The van der Waals surface area contributed by atoms with Crippen LogP contribution in [-0.4, -0.2) is 52.5 Å². The van der Waals surface area contributed by atoms with Crippen molar-refractivity contribution in [2.75, 3.05) is 13.2 Å². The predicted molar refractivity (Wildman–Crippen MR) is 110 cm³/mol. The van der Waals surface area contributed by atoms with Crippen molar-refractivity contribution in [2.45, 2.75) is 49.3 Å². The van der Waals surface area contributed by atoms with Crippen LogP contribution in [-0.2, 0) is 9.59 Å². The normalized spacial score (nSPS) is 26.4. The number of hydrogen-bond acceptors (Lipinski definition) is 7. The quantitative estimate of drug-likeness (QED) is 0.542. The third-order valence-electron chi connectivity index (χ3n) is 6.14. The molecule has 1 unspecified atom stereocenters. The lowest BCUT2D eigenvalue weighted by Gasteiger charge is -2.56. The van der Waals surface area contributed by atoms with Gasteiger partial charge in [-0.05, 0) is 49.4 Å². The summed E-state index contributed by atoms with van der Waals surface area (Å²) in [4.78, 5) is 24.8. The van der Waals surface area contributed by atoms with Gasteiger partial charge in [0.05, 0.1) is 16.7 Å². The Morgan fingerprint density at radius 2 is 1.88 bits per heavy atom. The van der Waals surface area contributed by atoms with Gasteiger partial charge in [-0.25, -0.2) is 4.39 Å². The van der Waals surface area contributed by atoms with E-state index in [4.69, 9.17) is 21.1 Å². The monoisotopic (exact) mass is 467 g/mol. The Balaban J connectivity index is 1.28. The lowest BCUT2D eigenvalue weighted by Crippen LogP contribution is -2.70. The maximum atomic E-state index is 13.5. The second kappa shape index (κ2) is 8.95. The fraction of sp³-hybridized carbons (Fsp3) is 0.476. The van der Waals surface area contributed by atoms with Crippen LogP contribution in [0, 0.1) is 5.82 Å². The summed E-state index contributed by atoms with van der Waals surface area (Å²) in [5.74, 6) is -0.964. The van der Waals surface area contributed by atoms with Crippen LogP contribution >= 0.6 is 11.6 Å². The van der Waals surface area contributed by atoms with Gasteiger partial charge in [0, 0.05) is 17.7 Å². The number of aliphatic hydroxyl groups excluding tert-OH is 1. The van der Waals surface area contributed by atoms with E-state index in [2.05, 4.69) is 20.3 Å². The maximum absolute atomic E-state index is 13.5. The molecule has 0 spiro atoms. The van der Waals surface area contributed by atoms with Gasteiger partial charge in [0.15, 0.2) is 13.2 Å². The number of rotatable bonds is 8. The van der Waals surface area contributed by atoms with Crippen molar-refractivity contribution in [3.8, 4) is 11.6 Å². The van der Waals surface area contributed by atoms with E-state index in [1.54, 1.807) is 0 Å². The van der Waals surface area contributed by atoms with Crippen LogP contribution < -0.4 is 20.1 Å². The Morgan fingerprint density at radius 3 is 2.53 bits per heavy atom. The van der Waals surface area contributed by atoms with Crippen molar-refractivity contribution in [3.63, 3.8) is 0 Å². The Hall–Kier alpha value is -2.85. The third-order valence-corrected chi connectivity index (χ3v) is 6.45. The van der Waals surface area contributed by atoms with E-state index in [-0.39, 0.29) is 41.7 Å². The zero-order chi connectivity index (χ0) is 22.8. The molecule has 2 amide bonds. The van der Waals surface area contributed by atoms with Crippen molar-refractivity contribution in [1.29, 1.82) is 0 Å². The largest absolute Gasteiger partial charge is 0.484 e. The molecule has 3 fully saturated rings. The number of aliphatic hydroxyl groups is 1. The summed E-state index contributed by atoms with van der Waals surface area (Å²) in [5.41, 5.74) is -1.33. The fourth-order valence-electron chi connectivity index (χ4n) is 4.44. The topological polar surface area (TPSA) is 123 Å². The Labute approximate surface area is 188 Å². The number of nitrogens with zero attached hydrogens (tertiary/aromatic N) is 1. The third kappa shape index (κ3) is 4.81. The number of benzene rings is 1. The standard InChI is InChI=1S/C21H23ClFN3O6/c22-14-2-1-13(9-15(14)23)30-11-17(28)24-20-4-6-21(7-5-20,16(27)10-20)25-18(29)12-31-19-3-8-32-26-19/h1-3,8-9,16,27H,4-7,10-12H2,(H,24,28)(H,25,29). The van der Waals surface area contributed by atoms with E-state index in [0.29, 0.717) is 32.1 Å². The van der Waals surface area contributed by atoms with Gasteiger partial charge in [0.25, 0.3) is 17.7 Å². The van der Waals surface area contributed by atoms with Crippen LogP contribution in [0.2, 0.25) is 5.02 Å². The van der Waals surface area contributed by atoms with Gasteiger partial charge >= 0.3 is 0 Å². The SMILES string of the molecule is O=C(COc1ccc(Cl)c(F)c1)NC12CCC(NC(=O)COc3ccon3)(CC1)C(O)C2. The molecule has 0 saturated heterocycles. The number of fused-ring (bicyclic) bond motifs is 3. The molecule has 172 valence electrons. The number of carbonyl (C=O) groups is 2. The molecule has 2 aromatic rings. The first-order valence-electron chi connectivity index (χ1n) is 10.2. The van der Waals surface area contributed by atoms with E-state index < -0.39 is 23.0 Å². The van der Waals surface area contributed by atoms with Gasteiger partial charge in [-0.1, -0.05) is 11.6 Å². The van der Waals surface area contributed by atoms with E-state index in [9.17, 15) is 19.1 Å². The highest BCUT2D eigenvalue weighted by molar-refractivity contribution is 6.30. The van der Waals surface area contributed by atoms with Gasteiger partial charge in [0.2, 0.25) is 0 Å². The molecule has 11 heteroatoms. The highest BCUT2D eigenvalue weighted by Crippen LogP contribution is 2.47. The molecule has 5 rings (SSSR count). The first kappa shape index (κ1) is 22.3. The van der Waals surface area contributed by atoms with Gasteiger partial charge in [-0.2, -0.15) is 0 Å². The summed E-state index contributed by atoms with van der Waals surface area (Å²) in [6.07, 6.45) is 3.02. The number of amides is 2. The van der Waals surface area contributed by atoms with Crippen LogP contribution in [0.5, 0.6) is 11.6 Å². The molecule has 3 saturated carbocycles. The molecule has 1 aromatic carbocycles. The summed E-state index contributed by atoms with van der Waals surface area (Å²) in [6, 6.07) is 5.44. The smallest absolute Gasteiger partial charge is 0.258 e. The number of nitrogens with one attached hydrogen (secondary N) is 2. The van der Waals surface area contributed by atoms with E-state index in [1.807, 2.05) is 0 Å². The summed E-state index contributed by atoms with van der Waals surface area (Å²) in [5, 5.41) is 20.2. The molecular formula is C21H23ClFN3O6. The molecule has 3 N–H and O–H groups in total. The summed E-state index contributed by atoms with van der Waals surface area (Å²) >= 11 is 5.64. The summed E-state index contributed by atoms with van der Waals surface area (Å²) in [7, 11) is 0. The average Bonchev–Trinajstić information content (AvgIpc) is 3.28. The maximum Gasteiger partial charge on any atom is 0.258 e. The van der Waals surface area contributed by atoms with Crippen molar-refractivity contribution in [3.05, 3.63) is 41.4 Å². The van der Waals surface area contributed by atoms with Crippen molar-refractivity contribution in [1.82, 2.24) is 15.8 Å². The minimum absolute atomic E-state index is 0.0284. The summed E-state index contributed by atoms with van der Waals surface area (Å²) in [6.45, 7) is -0.536. The highest BCUT2D eigenvalue weighted by Gasteiger charge is 2.55. The number of ether oxygens (including phenoxy) is 2. The first-order valence-corrected chi connectivity index (χ1v) is 10.6. The van der Waals surface area contributed by atoms with Crippen LogP contribution in [0.1, 0.15) is 32.1 Å². The Kier molecular flexibility index (Phi) is 6.25. The van der Waals surface area contributed by atoms with Crippen molar-refractivity contribution < 1.29 is 33.1 Å².